The number of anilines is 1. The fourth-order valence-corrected chi connectivity index (χ4v) is 4.39. The number of fused-ring (bicyclic) bond motifs is 1. The molecule has 2 fully saturated rings. The summed E-state index contributed by atoms with van der Waals surface area (Å²) in [6.07, 6.45) is 3.65. The molecule has 0 radical (unpaired) electrons. The van der Waals surface area contributed by atoms with Crippen LogP contribution in [0.1, 0.15) is 19.3 Å². The maximum atomic E-state index is 5.00. The molecule has 0 saturated carbocycles. The van der Waals surface area contributed by atoms with E-state index in [1.165, 1.54) is 19.3 Å². The third-order valence-electron chi connectivity index (χ3n) is 5.89. The van der Waals surface area contributed by atoms with Gasteiger partial charge in [-0.1, -0.05) is 42.5 Å². The Morgan fingerprint density at radius 2 is 1.63 bits per heavy atom. The zero-order chi connectivity index (χ0) is 18.1. The van der Waals surface area contributed by atoms with Crippen LogP contribution in [0.5, 0.6) is 0 Å². The number of hydrogen-bond acceptors (Lipinski definition) is 5. The van der Waals surface area contributed by atoms with Crippen molar-refractivity contribution in [2.24, 2.45) is 5.92 Å². The van der Waals surface area contributed by atoms with E-state index < -0.39 is 0 Å². The van der Waals surface area contributed by atoms with E-state index in [0.717, 1.165) is 53.7 Å². The van der Waals surface area contributed by atoms with E-state index in [0.29, 0.717) is 6.04 Å². The zero-order valence-electron chi connectivity index (χ0n) is 15.4. The van der Waals surface area contributed by atoms with Crippen LogP contribution >= 0.6 is 0 Å². The number of piperidine rings is 1. The first kappa shape index (κ1) is 16.7. The standard InChI is InChI=1S/C22H25N5/c1-2-6-17(7-3-1)21-24-20-9-5-4-8-18(20)22(25-21)27-14-11-16(12-15-27)19-10-13-23-26-19/h1-9,16,19,23,26H,10-15H2. The Labute approximate surface area is 159 Å². The molecule has 2 aliphatic rings. The molecule has 5 nitrogen and oxygen atoms in total. The van der Waals surface area contributed by atoms with Gasteiger partial charge in [0.2, 0.25) is 0 Å². The van der Waals surface area contributed by atoms with E-state index in [1.54, 1.807) is 0 Å². The fourth-order valence-electron chi connectivity index (χ4n) is 4.39. The predicted octanol–water partition coefficient (Wildman–Crippen LogP) is 3.38. The van der Waals surface area contributed by atoms with E-state index in [4.69, 9.17) is 9.97 Å². The Morgan fingerprint density at radius 1 is 0.852 bits per heavy atom. The largest absolute Gasteiger partial charge is 0.356 e. The molecular weight excluding hydrogens is 334 g/mol. The molecule has 2 aliphatic heterocycles. The Balaban J connectivity index is 1.47. The summed E-state index contributed by atoms with van der Waals surface area (Å²) in [7, 11) is 0. The third kappa shape index (κ3) is 3.29. The van der Waals surface area contributed by atoms with Gasteiger partial charge < -0.3 is 4.90 Å². The minimum absolute atomic E-state index is 0.620. The highest BCUT2D eigenvalue weighted by Crippen LogP contribution is 2.31. The number of para-hydroxylation sites is 1. The van der Waals surface area contributed by atoms with Crippen LogP contribution < -0.4 is 15.8 Å². The molecule has 2 aromatic carbocycles. The fraction of sp³-hybridized carbons (Fsp3) is 0.364. The van der Waals surface area contributed by atoms with Crippen LogP contribution in [0.25, 0.3) is 22.3 Å². The quantitative estimate of drug-likeness (QED) is 0.751. The molecule has 0 amide bonds. The van der Waals surface area contributed by atoms with Crippen LogP contribution in [0, 0.1) is 5.92 Å². The molecule has 27 heavy (non-hydrogen) atoms. The molecule has 2 N–H and O–H groups in total. The van der Waals surface area contributed by atoms with Crippen molar-refractivity contribution in [3.05, 3.63) is 54.6 Å². The summed E-state index contributed by atoms with van der Waals surface area (Å²) in [6, 6.07) is 19.3. The first-order chi connectivity index (χ1) is 13.4. The number of nitrogens with one attached hydrogen (secondary N) is 2. The van der Waals surface area contributed by atoms with Crippen LogP contribution in [0.2, 0.25) is 0 Å². The highest BCUT2D eigenvalue weighted by atomic mass is 15.4. The lowest BCUT2D eigenvalue weighted by Crippen LogP contribution is -2.43. The SMILES string of the molecule is c1ccc(-c2nc(N3CCC(C4CCNN4)CC3)c3ccccc3n2)cc1. The number of aromatic nitrogens is 2. The number of hydrogen-bond donors (Lipinski definition) is 2. The van der Waals surface area contributed by atoms with Crippen LogP contribution in [0.3, 0.4) is 0 Å². The maximum absolute atomic E-state index is 5.00. The molecule has 138 valence electrons. The van der Waals surface area contributed by atoms with Crippen LogP contribution in [-0.4, -0.2) is 35.6 Å². The number of benzene rings is 2. The van der Waals surface area contributed by atoms with Crippen molar-refractivity contribution < 1.29 is 0 Å². The molecule has 1 aromatic heterocycles. The van der Waals surface area contributed by atoms with Crippen LogP contribution in [-0.2, 0) is 0 Å². The van der Waals surface area contributed by atoms with Gasteiger partial charge in [-0.05, 0) is 37.3 Å². The first-order valence-corrected chi connectivity index (χ1v) is 9.94. The Kier molecular flexibility index (Phi) is 4.47. The number of nitrogens with zero attached hydrogens (tertiary/aromatic N) is 3. The molecular formula is C22H25N5. The van der Waals surface area contributed by atoms with E-state index in [9.17, 15) is 0 Å². The van der Waals surface area contributed by atoms with Crippen LogP contribution in [0.4, 0.5) is 5.82 Å². The van der Waals surface area contributed by atoms with Gasteiger partial charge in [0.1, 0.15) is 5.82 Å². The van der Waals surface area contributed by atoms with Gasteiger partial charge >= 0.3 is 0 Å². The predicted molar refractivity (Wildman–Crippen MR) is 109 cm³/mol. The van der Waals surface area contributed by atoms with Crippen molar-refractivity contribution in [3.8, 4) is 11.4 Å². The van der Waals surface area contributed by atoms with Crippen LogP contribution in [0.15, 0.2) is 54.6 Å². The molecule has 5 rings (SSSR count). The minimum Gasteiger partial charge on any atom is -0.356 e. The average Bonchev–Trinajstić information content (AvgIpc) is 3.29. The van der Waals surface area contributed by atoms with Gasteiger partial charge in [0.25, 0.3) is 0 Å². The monoisotopic (exact) mass is 359 g/mol. The molecule has 2 saturated heterocycles. The average molecular weight is 359 g/mol. The summed E-state index contributed by atoms with van der Waals surface area (Å²) in [5, 5.41) is 1.15. The molecule has 0 bridgehead atoms. The summed E-state index contributed by atoms with van der Waals surface area (Å²) in [4.78, 5) is 12.3. The molecule has 0 aliphatic carbocycles. The second-order valence-corrected chi connectivity index (χ2v) is 7.54. The Hall–Kier alpha value is -2.50. The van der Waals surface area contributed by atoms with Crippen molar-refractivity contribution in [2.75, 3.05) is 24.5 Å². The summed E-state index contributed by atoms with van der Waals surface area (Å²) in [6.45, 7) is 3.19. The van der Waals surface area contributed by atoms with Crippen molar-refractivity contribution >= 4 is 16.7 Å². The lowest BCUT2D eigenvalue weighted by Gasteiger charge is -2.35. The van der Waals surface area contributed by atoms with Gasteiger partial charge in [0.05, 0.1) is 5.52 Å². The Morgan fingerprint density at radius 3 is 2.41 bits per heavy atom. The molecule has 1 unspecified atom stereocenters. The van der Waals surface area contributed by atoms with Crippen molar-refractivity contribution in [1.29, 1.82) is 0 Å². The van der Waals surface area contributed by atoms with E-state index in [1.807, 2.05) is 18.2 Å². The number of rotatable bonds is 3. The smallest absolute Gasteiger partial charge is 0.162 e. The molecule has 3 heterocycles. The first-order valence-electron chi connectivity index (χ1n) is 9.94. The molecule has 3 aromatic rings. The molecule has 5 heteroatoms. The molecule has 1 atom stereocenters. The normalized spacial score (nSPS) is 21.0. The maximum Gasteiger partial charge on any atom is 0.162 e. The van der Waals surface area contributed by atoms with Crippen molar-refractivity contribution in [1.82, 2.24) is 20.8 Å². The van der Waals surface area contributed by atoms with Gasteiger partial charge in [0, 0.05) is 36.6 Å². The van der Waals surface area contributed by atoms with Gasteiger partial charge in [-0.3, -0.25) is 10.9 Å². The highest BCUT2D eigenvalue weighted by Gasteiger charge is 2.29. The zero-order valence-corrected chi connectivity index (χ0v) is 15.4. The molecule has 0 spiro atoms. The minimum atomic E-state index is 0.620. The lowest BCUT2D eigenvalue weighted by atomic mass is 9.88. The second-order valence-electron chi connectivity index (χ2n) is 7.54. The summed E-state index contributed by atoms with van der Waals surface area (Å²) >= 11 is 0. The second kappa shape index (κ2) is 7.25. The van der Waals surface area contributed by atoms with E-state index in [-0.39, 0.29) is 0 Å². The van der Waals surface area contributed by atoms with E-state index in [2.05, 4.69) is 52.1 Å². The van der Waals surface area contributed by atoms with Gasteiger partial charge in [0.15, 0.2) is 5.82 Å². The van der Waals surface area contributed by atoms with Gasteiger partial charge in [-0.2, -0.15) is 0 Å². The van der Waals surface area contributed by atoms with Crippen molar-refractivity contribution in [3.63, 3.8) is 0 Å². The van der Waals surface area contributed by atoms with Gasteiger partial charge in [-0.25, -0.2) is 9.97 Å². The van der Waals surface area contributed by atoms with Crippen molar-refractivity contribution in [2.45, 2.75) is 25.3 Å². The van der Waals surface area contributed by atoms with Gasteiger partial charge in [-0.15, -0.1) is 0 Å². The topological polar surface area (TPSA) is 53.1 Å². The summed E-state index contributed by atoms with van der Waals surface area (Å²) in [5.41, 5.74) is 8.81. The summed E-state index contributed by atoms with van der Waals surface area (Å²) < 4.78 is 0. The third-order valence-corrected chi connectivity index (χ3v) is 5.89. The summed E-state index contributed by atoms with van der Waals surface area (Å²) in [5.74, 6) is 2.64. The lowest BCUT2D eigenvalue weighted by molar-refractivity contribution is 0.310. The van der Waals surface area contributed by atoms with E-state index >= 15 is 0 Å². The Bertz CT molecular complexity index is 912. The number of hydrazine groups is 1. The highest BCUT2D eigenvalue weighted by molar-refractivity contribution is 5.91.